The Hall–Kier alpha value is -1.85. The summed E-state index contributed by atoms with van der Waals surface area (Å²) < 4.78 is 0. The van der Waals surface area contributed by atoms with Crippen LogP contribution in [0.1, 0.15) is 56.2 Å². The number of rotatable bonds is 4. The highest BCUT2D eigenvalue weighted by Gasteiger charge is 2.34. The van der Waals surface area contributed by atoms with E-state index in [1.54, 1.807) is 12.4 Å². The summed E-state index contributed by atoms with van der Waals surface area (Å²) in [6, 6.07) is 0. The van der Waals surface area contributed by atoms with Crippen LogP contribution in [0.15, 0.2) is 12.4 Å². The van der Waals surface area contributed by atoms with Gasteiger partial charge >= 0.3 is 0 Å². The molecular formula is C21H25Cl2N5. The Bertz CT molecular complexity index is 930. The average Bonchev–Trinajstić information content (AvgIpc) is 2.55. The van der Waals surface area contributed by atoms with Crippen molar-refractivity contribution >= 4 is 46.2 Å². The van der Waals surface area contributed by atoms with E-state index in [0.29, 0.717) is 39.0 Å². The van der Waals surface area contributed by atoms with E-state index >= 15 is 0 Å². The van der Waals surface area contributed by atoms with Crippen LogP contribution in [-0.4, -0.2) is 15.7 Å². The summed E-state index contributed by atoms with van der Waals surface area (Å²) in [4.78, 5) is 8.67. The summed E-state index contributed by atoms with van der Waals surface area (Å²) in [5.41, 5.74) is 10.9. The van der Waals surface area contributed by atoms with Gasteiger partial charge in [-0.25, -0.2) is 4.98 Å². The van der Waals surface area contributed by atoms with Crippen molar-refractivity contribution in [1.82, 2.24) is 9.97 Å². The van der Waals surface area contributed by atoms with E-state index in [-0.39, 0.29) is 5.41 Å². The number of hydrogen-bond donors (Lipinski definition) is 3. The molecule has 1 fully saturated rings. The van der Waals surface area contributed by atoms with Crippen molar-refractivity contribution in [1.29, 1.82) is 5.41 Å². The van der Waals surface area contributed by atoms with Crippen LogP contribution in [0.3, 0.4) is 0 Å². The molecule has 28 heavy (non-hydrogen) atoms. The Morgan fingerprint density at radius 2 is 1.89 bits per heavy atom. The van der Waals surface area contributed by atoms with Gasteiger partial charge in [-0.05, 0) is 48.6 Å². The minimum atomic E-state index is 0.165. The van der Waals surface area contributed by atoms with Gasteiger partial charge in [0.1, 0.15) is 11.6 Å². The fraction of sp³-hybridized carbons (Fsp3) is 0.476. The largest absolute Gasteiger partial charge is 0.383 e. The minimum Gasteiger partial charge on any atom is -0.383 e. The van der Waals surface area contributed by atoms with Crippen molar-refractivity contribution in [3.05, 3.63) is 39.1 Å². The molecule has 1 saturated carbocycles. The van der Waals surface area contributed by atoms with E-state index in [2.05, 4.69) is 29.1 Å². The molecular weight excluding hydrogens is 393 g/mol. The third-order valence-corrected chi connectivity index (χ3v) is 6.60. The third-order valence-electron chi connectivity index (χ3n) is 6.03. The molecule has 0 amide bonds. The SMILES string of the molecule is CC1(C)CCc2c(Nc3c(Cl)cncc3Cl)nc(N)c(C(=N)C3CCC3)c2C1. The van der Waals surface area contributed by atoms with Crippen LogP contribution < -0.4 is 11.1 Å². The van der Waals surface area contributed by atoms with Gasteiger partial charge < -0.3 is 16.5 Å². The van der Waals surface area contributed by atoms with E-state index in [9.17, 15) is 0 Å². The second-order valence-electron chi connectivity index (χ2n) is 8.66. The smallest absolute Gasteiger partial charge is 0.136 e. The molecule has 2 aliphatic rings. The van der Waals surface area contributed by atoms with Gasteiger partial charge in [0, 0.05) is 29.6 Å². The minimum absolute atomic E-state index is 0.165. The standard InChI is InChI=1S/C21H25Cl2N5/c1-21(2)7-6-12-13(8-21)16(17(24)11-4-3-5-11)19(25)28-20(12)27-18-14(22)9-26-10-15(18)23/h9-11,24H,3-8H2,1-2H3,(H3,25,26,27,28). The summed E-state index contributed by atoms with van der Waals surface area (Å²) >= 11 is 12.6. The molecule has 0 atom stereocenters. The molecule has 7 heteroatoms. The summed E-state index contributed by atoms with van der Waals surface area (Å²) in [7, 11) is 0. The Kier molecular flexibility index (Phi) is 5.00. The topological polar surface area (TPSA) is 87.7 Å². The van der Waals surface area contributed by atoms with Crippen LogP contribution in [0.25, 0.3) is 0 Å². The number of aromatic nitrogens is 2. The first-order valence-electron chi connectivity index (χ1n) is 9.73. The van der Waals surface area contributed by atoms with Gasteiger partial charge in [-0.3, -0.25) is 4.98 Å². The molecule has 4 rings (SSSR count). The van der Waals surface area contributed by atoms with Gasteiger partial charge in [-0.15, -0.1) is 0 Å². The highest BCUT2D eigenvalue weighted by Crippen LogP contribution is 2.43. The van der Waals surface area contributed by atoms with Crippen LogP contribution >= 0.6 is 23.2 Å². The lowest BCUT2D eigenvalue weighted by Gasteiger charge is -2.36. The first-order chi connectivity index (χ1) is 13.3. The van der Waals surface area contributed by atoms with Crippen LogP contribution in [-0.2, 0) is 12.8 Å². The van der Waals surface area contributed by atoms with Crippen LogP contribution in [0.4, 0.5) is 17.3 Å². The molecule has 2 aromatic heterocycles. The zero-order chi connectivity index (χ0) is 20.1. The molecule has 2 aromatic rings. The second kappa shape index (κ2) is 7.20. The number of halogens is 2. The third kappa shape index (κ3) is 3.46. The van der Waals surface area contributed by atoms with Crippen molar-refractivity contribution in [2.45, 2.75) is 52.4 Å². The highest BCUT2D eigenvalue weighted by atomic mass is 35.5. The van der Waals surface area contributed by atoms with Gasteiger partial charge in [0.25, 0.3) is 0 Å². The molecule has 0 radical (unpaired) electrons. The molecule has 2 heterocycles. The maximum absolute atomic E-state index is 8.77. The summed E-state index contributed by atoms with van der Waals surface area (Å²) in [6.07, 6.45) is 9.23. The first-order valence-corrected chi connectivity index (χ1v) is 10.5. The zero-order valence-electron chi connectivity index (χ0n) is 16.2. The van der Waals surface area contributed by atoms with Crippen LogP contribution in [0, 0.1) is 16.7 Å². The van der Waals surface area contributed by atoms with Crippen molar-refractivity contribution < 1.29 is 0 Å². The zero-order valence-corrected chi connectivity index (χ0v) is 17.7. The number of nitrogens with one attached hydrogen (secondary N) is 2. The second-order valence-corrected chi connectivity index (χ2v) is 9.48. The van der Waals surface area contributed by atoms with Gasteiger partial charge in [-0.1, -0.05) is 43.5 Å². The summed E-state index contributed by atoms with van der Waals surface area (Å²) in [5.74, 6) is 1.40. The van der Waals surface area contributed by atoms with Crippen molar-refractivity contribution in [2.75, 3.05) is 11.1 Å². The Labute approximate surface area is 175 Å². The molecule has 0 saturated heterocycles. The lowest BCUT2D eigenvalue weighted by Crippen LogP contribution is -2.30. The predicted molar refractivity (Wildman–Crippen MR) is 116 cm³/mol. The number of hydrogen-bond acceptors (Lipinski definition) is 5. The molecule has 0 bridgehead atoms. The number of fused-ring (bicyclic) bond motifs is 1. The lowest BCUT2D eigenvalue weighted by atomic mass is 9.70. The summed E-state index contributed by atoms with van der Waals surface area (Å²) in [5, 5.41) is 12.9. The molecule has 0 unspecified atom stereocenters. The lowest BCUT2D eigenvalue weighted by molar-refractivity contribution is 0.315. The quantitative estimate of drug-likeness (QED) is 0.548. The van der Waals surface area contributed by atoms with E-state index in [0.717, 1.165) is 48.8 Å². The summed E-state index contributed by atoms with van der Waals surface area (Å²) in [6.45, 7) is 4.54. The number of pyridine rings is 2. The monoisotopic (exact) mass is 417 g/mol. The fourth-order valence-corrected chi connectivity index (χ4v) is 4.60. The molecule has 4 N–H and O–H groups in total. The Morgan fingerprint density at radius 1 is 1.21 bits per heavy atom. The van der Waals surface area contributed by atoms with Crippen molar-refractivity contribution in [3.8, 4) is 0 Å². The van der Waals surface area contributed by atoms with E-state index in [1.807, 2.05) is 0 Å². The number of nitrogen functional groups attached to an aromatic ring is 1. The van der Waals surface area contributed by atoms with Gasteiger partial charge in [0.15, 0.2) is 0 Å². The van der Waals surface area contributed by atoms with Crippen molar-refractivity contribution in [3.63, 3.8) is 0 Å². The molecule has 0 aromatic carbocycles. The molecule has 5 nitrogen and oxygen atoms in total. The van der Waals surface area contributed by atoms with Gasteiger partial charge in [0.05, 0.1) is 15.7 Å². The highest BCUT2D eigenvalue weighted by molar-refractivity contribution is 6.39. The van der Waals surface area contributed by atoms with Crippen LogP contribution in [0.2, 0.25) is 10.0 Å². The van der Waals surface area contributed by atoms with Crippen molar-refractivity contribution in [2.24, 2.45) is 11.3 Å². The van der Waals surface area contributed by atoms with Gasteiger partial charge in [-0.2, -0.15) is 0 Å². The Morgan fingerprint density at radius 3 is 2.50 bits per heavy atom. The number of anilines is 3. The first kappa shape index (κ1) is 19.5. The molecule has 0 spiro atoms. The number of nitrogens with two attached hydrogens (primary N) is 1. The van der Waals surface area contributed by atoms with E-state index in [1.165, 1.54) is 6.42 Å². The van der Waals surface area contributed by atoms with Gasteiger partial charge in [0.2, 0.25) is 0 Å². The van der Waals surface area contributed by atoms with E-state index in [4.69, 9.17) is 34.3 Å². The van der Waals surface area contributed by atoms with Crippen LogP contribution in [0.5, 0.6) is 0 Å². The predicted octanol–water partition coefficient (Wildman–Crippen LogP) is 5.79. The van der Waals surface area contributed by atoms with E-state index < -0.39 is 0 Å². The number of nitrogens with zero attached hydrogens (tertiary/aromatic N) is 2. The molecule has 148 valence electrons. The molecule has 2 aliphatic carbocycles. The average molecular weight is 418 g/mol. The maximum atomic E-state index is 8.77. The fourth-order valence-electron chi connectivity index (χ4n) is 4.14. The normalized spacial score (nSPS) is 18.3. The maximum Gasteiger partial charge on any atom is 0.136 e. The molecule has 0 aliphatic heterocycles. The Balaban J connectivity index is 1.83.